The van der Waals surface area contributed by atoms with Gasteiger partial charge in [0.2, 0.25) is 17.7 Å². The first kappa shape index (κ1) is 29.4. The maximum absolute atomic E-state index is 12.6. The summed E-state index contributed by atoms with van der Waals surface area (Å²) in [5, 5.41) is 33.5. The molecule has 0 fully saturated rings. The molecule has 202 valence electrons. The first-order valence-electron chi connectivity index (χ1n) is 11.6. The number of carboxylic acid groups (broad SMARTS) is 2. The van der Waals surface area contributed by atoms with Gasteiger partial charge in [0.15, 0.2) is 0 Å². The minimum Gasteiger partial charge on any atom is -0.481 e. The average molecular weight is 529 g/mol. The number of hydrogen-bond donors (Lipinski definition) is 5. The van der Waals surface area contributed by atoms with Gasteiger partial charge in [-0.3, -0.25) is 34.1 Å². The zero-order valence-corrected chi connectivity index (χ0v) is 20.3. The Bertz CT molecular complexity index is 1200. The lowest BCUT2D eigenvalue weighted by atomic mass is 10.0. The van der Waals surface area contributed by atoms with Crippen molar-refractivity contribution in [1.29, 1.82) is 0 Å². The molecule has 0 spiro atoms. The number of carbonyl (C=O) groups excluding carboxylic acids is 3. The molecule has 6 N–H and O–H groups in total. The number of non-ortho nitro benzene ring substituents is 1. The molecule has 13 nitrogen and oxygen atoms in total. The highest BCUT2D eigenvalue weighted by Crippen LogP contribution is 2.24. The zero-order valence-electron chi connectivity index (χ0n) is 20.3. The van der Waals surface area contributed by atoms with Crippen molar-refractivity contribution >= 4 is 35.3 Å². The molecule has 0 aliphatic rings. The van der Waals surface area contributed by atoms with Crippen LogP contribution >= 0.6 is 0 Å². The van der Waals surface area contributed by atoms with Crippen molar-refractivity contribution in [2.24, 2.45) is 5.73 Å². The standard InChI is InChI=1S/C25H28N4O9/c26-24(35)19(9-12-22(31)32)28-25(36)20(10-13-23(33)34)27-21(30)11-6-15-4-7-16(8-5-15)17-2-1-3-18(14-17)29(37)38/h1-5,7-8,14,19-20H,6,9-13H2,(H2,26,35)(H,27,30)(H,28,36)(H,31,32)(H,33,34)/t19-,20-/m0/s1. The molecule has 2 aromatic carbocycles. The number of nitrogens with zero attached hydrogens (tertiary/aromatic N) is 1. The van der Waals surface area contributed by atoms with Crippen LogP contribution in [-0.4, -0.2) is 56.9 Å². The molecular weight excluding hydrogens is 500 g/mol. The molecule has 0 aromatic heterocycles. The van der Waals surface area contributed by atoms with Crippen LogP contribution in [0.25, 0.3) is 11.1 Å². The molecular formula is C25H28N4O9. The first-order chi connectivity index (χ1) is 18.0. The summed E-state index contributed by atoms with van der Waals surface area (Å²) in [5.41, 5.74) is 7.37. The van der Waals surface area contributed by atoms with Gasteiger partial charge in [-0.1, -0.05) is 36.4 Å². The Morgan fingerprint density at radius 3 is 2.00 bits per heavy atom. The molecule has 38 heavy (non-hydrogen) atoms. The Morgan fingerprint density at radius 1 is 0.842 bits per heavy atom. The first-order valence-corrected chi connectivity index (χ1v) is 11.6. The second-order valence-corrected chi connectivity index (χ2v) is 8.45. The van der Waals surface area contributed by atoms with Crippen molar-refractivity contribution in [2.75, 3.05) is 0 Å². The third kappa shape index (κ3) is 9.68. The number of amides is 3. The van der Waals surface area contributed by atoms with E-state index in [9.17, 15) is 34.1 Å². The number of nitrogens with one attached hydrogen (secondary N) is 2. The summed E-state index contributed by atoms with van der Waals surface area (Å²) in [7, 11) is 0. The van der Waals surface area contributed by atoms with E-state index in [0.717, 1.165) is 11.1 Å². The Kier molecular flexibility index (Phi) is 10.9. The van der Waals surface area contributed by atoms with E-state index in [1.165, 1.54) is 12.1 Å². The van der Waals surface area contributed by atoms with Gasteiger partial charge in [0.25, 0.3) is 5.69 Å². The van der Waals surface area contributed by atoms with Gasteiger partial charge in [0.05, 0.1) is 4.92 Å². The number of nitro groups is 1. The maximum atomic E-state index is 12.6. The predicted molar refractivity (Wildman–Crippen MR) is 134 cm³/mol. The Morgan fingerprint density at radius 2 is 1.45 bits per heavy atom. The number of rotatable bonds is 15. The van der Waals surface area contributed by atoms with E-state index in [4.69, 9.17) is 15.9 Å². The molecule has 0 aliphatic carbocycles. The number of nitro benzene ring substituents is 1. The van der Waals surface area contributed by atoms with Crippen LogP contribution in [0.5, 0.6) is 0 Å². The minimum absolute atomic E-state index is 0.0335. The maximum Gasteiger partial charge on any atom is 0.303 e. The minimum atomic E-state index is -1.30. The molecule has 0 aliphatic heterocycles. The van der Waals surface area contributed by atoms with Gasteiger partial charge in [-0.2, -0.15) is 0 Å². The quantitative estimate of drug-likeness (QED) is 0.166. The van der Waals surface area contributed by atoms with Gasteiger partial charge in [0.1, 0.15) is 12.1 Å². The van der Waals surface area contributed by atoms with Gasteiger partial charge in [0, 0.05) is 31.4 Å². The number of primary amides is 1. The zero-order chi connectivity index (χ0) is 28.2. The van der Waals surface area contributed by atoms with Crippen molar-refractivity contribution in [1.82, 2.24) is 10.6 Å². The molecule has 0 saturated carbocycles. The molecule has 2 aromatic rings. The van der Waals surface area contributed by atoms with E-state index in [-0.39, 0.29) is 31.4 Å². The molecule has 2 rings (SSSR count). The van der Waals surface area contributed by atoms with Crippen molar-refractivity contribution in [3.63, 3.8) is 0 Å². The second-order valence-electron chi connectivity index (χ2n) is 8.45. The normalized spacial score (nSPS) is 12.1. The number of aliphatic carboxylic acids is 2. The van der Waals surface area contributed by atoms with E-state index in [0.29, 0.717) is 5.56 Å². The molecule has 0 radical (unpaired) electrons. The van der Waals surface area contributed by atoms with Crippen LogP contribution in [0.1, 0.15) is 37.7 Å². The van der Waals surface area contributed by atoms with E-state index in [2.05, 4.69) is 10.6 Å². The van der Waals surface area contributed by atoms with Crippen molar-refractivity contribution in [3.05, 3.63) is 64.2 Å². The fourth-order valence-electron chi connectivity index (χ4n) is 3.55. The fraction of sp³-hybridized carbons (Fsp3) is 0.320. The fourth-order valence-corrected chi connectivity index (χ4v) is 3.55. The Hall–Kier alpha value is -4.81. The van der Waals surface area contributed by atoms with Gasteiger partial charge in [-0.15, -0.1) is 0 Å². The van der Waals surface area contributed by atoms with Crippen molar-refractivity contribution in [2.45, 2.75) is 50.6 Å². The van der Waals surface area contributed by atoms with Crippen LogP contribution in [0, 0.1) is 10.1 Å². The van der Waals surface area contributed by atoms with Gasteiger partial charge >= 0.3 is 11.9 Å². The van der Waals surface area contributed by atoms with E-state index >= 15 is 0 Å². The highest BCUT2D eigenvalue weighted by molar-refractivity contribution is 5.92. The van der Waals surface area contributed by atoms with E-state index in [1.54, 1.807) is 36.4 Å². The average Bonchev–Trinajstić information content (AvgIpc) is 2.87. The number of carbonyl (C=O) groups is 5. The highest BCUT2D eigenvalue weighted by atomic mass is 16.6. The molecule has 0 bridgehead atoms. The molecule has 0 saturated heterocycles. The number of nitrogens with two attached hydrogens (primary N) is 1. The topological polar surface area (TPSA) is 219 Å². The third-order valence-corrected chi connectivity index (χ3v) is 5.59. The largest absolute Gasteiger partial charge is 0.481 e. The van der Waals surface area contributed by atoms with Crippen LogP contribution in [0.3, 0.4) is 0 Å². The molecule has 0 heterocycles. The monoisotopic (exact) mass is 528 g/mol. The van der Waals surface area contributed by atoms with Crippen LogP contribution in [0.2, 0.25) is 0 Å². The summed E-state index contributed by atoms with van der Waals surface area (Å²) in [6.07, 6.45) is -1.13. The number of benzene rings is 2. The smallest absolute Gasteiger partial charge is 0.303 e. The third-order valence-electron chi connectivity index (χ3n) is 5.59. The molecule has 2 atom stereocenters. The van der Waals surface area contributed by atoms with Gasteiger partial charge in [-0.05, 0) is 36.0 Å². The van der Waals surface area contributed by atoms with Crippen LogP contribution in [-0.2, 0) is 30.4 Å². The lowest BCUT2D eigenvalue weighted by Gasteiger charge is -2.21. The summed E-state index contributed by atoms with van der Waals surface area (Å²) < 4.78 is 0. The lowest BCUT2D eigenvalue weighted by Crippen LogP contribution is -2.53. The van der Waals surface area contributed by atoms with Crippen LogP contribution < -0.4 is 16.4 Å². The van der Waals surface area contributed by atoms with Crippen LogP contribution in [0.15, 0.2) is 48.5 Å². The summed E-state index contributed by atoms with van der Waals surface area (Å²) in [6.45, 7) is 0. The SMILES string of the molecule is NC(=O)[C@H](CCC(=O)O)NC(=O)[C@H](CCC(=O)O)NC(=O)CCc1ccc(-c2cccc([N+](=O)[O-])c2)cc1. The predicted octanol–water partition coefficient (Wildman–Crippen LogP) is 1.38. The van der Waals surface area contributed by atoms with Crippen LogP contribution in [0.4, 0.5) is 5.69 Å². The lowest BCUT2D eigenvalue weighted by molar-refractivity contribution is -0.384. The summed E-state index contributed by atoms with van der Waals surface area (Å²) in [4.78, 5) is 69.0. The Balaban J connectivity index is 2.00. The van der Waals surface area contributed by atoms with Gasteiger partial charge in [-0.25, -0.2) is 0 Å². The molecule has 3 amide bonds. The van der Waals surface area contributed by atoms with E-state index in [1.807, 2.05) is 0 Å². The second kappa shape index (κ2) is 14.1. The number of carboxylic acids is 2. The molecule has 13 heteroatoms. The summed E-state index contributed by atoms with van der Waals surface area (Å²) in [5.74, 6) is -4.75. The van der Waals surface area contributed by atoms with Crippen molar-refractivity contribution in [3.8, 4) is 11.1 Å². The Labute approximate surface area is 217 Å². The number of aryl methyl sites for hydroxylation is 1. The summed E-state index contributed by atoms with van der Waals surface area (Å²) >= 11 is 0. The van der Waals surface area contributed by atoms with E-state index < -0.39 is 59.5 Å². The molecule has 0 unspecified atom stereocenters. The highest BCUT2D eigenvalue weighted by Gasteiger charge is 2.26. The van der Waals surface area contributed by atoms with Gasteiger partial charge < -0.3 is 26.6 Å². The van der Waals surface area contributed by atoms with Crippen molar-refractivity contribution < 1.29 is 39.1 Å². The summed E-state index contributed by atoms with van der Waals surface area (Å²) in [6, 6.07) is 10.6. The number of hydrogen-bond acceptors (Lipinski definition) is 7.